The third-order valence-electron chi connectivity index (χ3n) is 9.95. The van der Waals surface area contributed by atoms with Crippen LogP contribution in [0.25, 0.3) is 0 Å². The number of carbonyl (C=O) groups is 4. The van der Waals surface area contributed by atoms with Gasteiger partial charge < -0.3 is 31.1 Å². The fraction of sp³-hybridized carbons (Fsp3) is 0.436. The Labute approximate surface area is 338 Å². The maximum Gasteiger partial charge on any atom is 0.430 e. The van der Waals surface area contributed by atoms with Crippen molar-refractivity contribution >= 4 is 29.4 Å². The zero-order valence-corrected chi connectivity index (χ0v) is 32.9. The first-order valence-corrected chi connectivity index (χ1v) is 17.7. The first-order valence-electron chi connectivity index (χ1n) is 17.7. The summed E-state index contributed by atoms with van der Waals surface area (Å²) in [5.41, 5.74) is -25.6. The summed E-state index contributed by atoms with van der Waals surface area (Å²) in [7, 11) is 0. The summed E-state index contributed by atoms with van der Waals surface area (Å²) in [5.74, 6) is -6.98. The first-order chi connectivity index (χ1) is 27.4. The summed E-state index contributed by atoms with van der Waals surface area (Å²) in [6.45, 7) is 8.67. The van der Waals surface area contributed by atoms with Crippen molar-refractivity contribution in [2.24, 2.45) is 0 Å². The van der Waals surface area contributed by atoms with Crippen molar-refractivity contribution in [2.45, 2.75) is 109 Å². The number of carboxylic acid groups (broad SMARTS) is 2. The molecule has 336 valence electrons. The first kappa shape index (κ1) is 50.0. The number of alkyl halides is 12. The molecule has 61 heavy (non-hydrogen) atoms. The van der Waals surface area contributed by atoms with Gasteiger partial charge in [0.1, 0.15) is 0 Å². The van der Waals surface area contributed by atoms with Crippen LogP contribution >= 0.6 is 0 Å². The van der Waals surface area contributed by atoms with Gasteiger partial charge in [-0.3, -0.25) is 9.59 Å². The predicted molar refractivity (Wildman–Crippen MR) is 191 cm³/mol. The van der Waals surface area contributed by atoms with Gasteiger partial charge >= 0.3 is 36.6 Å². The van der Waals surface area contributed by atoms with Gasteiger partial charge in [-0.15, -0.1) is 0 Å². The molecule has 0 atom stereocenters. The average Bonchev–Trinajstić information content (AvgIpc) is 3.08. The van der Waals surface area contributed by atoms with Gasteiger partial charge in [-0.25, -0.2) is 9.59 Å². The lowest BCUT2D eigenvalue weighted by atomic mass is 9.72. The maximum absolute atomic E-state index is 14.5. The smallest absolute Gasteiger partial charge is 0.430 e. The lowest BCUT2D eigenvalue weighted by molar-refractivity contribution is -0.376. The number of aliphatic hydroxyl groups is 2. The van der Waals surface area contributed by atoms with Gasteiger partial charge in [0.15, 0.2) is 0 Å². The molecule has 3 rings (SSSR count). The molecule has 0 bridgehead atoms. The zero-order chi connectivity index (χ0) is 47.4. The number of benzene rings is 3. The Morgan fingerprint density at radius 3 is 1.34 bits per heavy atom. The van der Waals surface area contributed by atoms with E-state index in [-0.39, 0.29) is 24.1 Å². The highest BCUT2D eigenvalue weighted by atomic mass is 19.4. The van der Waals surface area contributed by atoms with E-state index in [0.717, 1.165) is 26.0 Å². The topological polar surface area (TPSA) is 173 Å². The Hall–Kier alpha value is -5.38. The second-order valence-electron chi connectivity index (χ2n) is 15.1. The summed E-state index contributed by atoms with van der Waals surface area (Å²) < 4.78 is 173. The minimum Gasteiger partial charge on any atom is -0.478 e. The largest absolute Gasteiger partial charge is 0.478 e. The molecule has 0 heterocycles. The van der Waals surface area contributed by atoms with Gasteiger partial charge in [0.05, 0.1) is 27.9 Å². The summed E-state index contributed by atoms with van der Waals surface area (Å²) >= 11 is 0. The van der Waals surface area contributed by atoms with Crippen LogP contribution < -0.4 is 10.6 Å². The van der Waals surface area contributed by atoms with Gasteiger partial charge in [0, 0.05) is 17.2 Å². The van der Waals surface area contributed by atoms with E-state index in [1.54, 1.807) is 5.32 Å². The molecule has 6 N–H and O–H groups in total. The Morgan fingerprint density at radius 1 is 0.590 bits per heavy atom. The molecule has 0 aliphatic rings. The number of carbonyl (C=O) groups excluding carboxylic acids is 2. The predicted octanol–water partition coefficient (Wildman–Crippen LogP) is 8.99. The van der Waals surface area contributed by atoms with Crippen molar-refractivity contribution in [2.75, 3.05) is 5.32 Å². The number of rotatable bonds is 12. The molecule has 0 saturated heterocycles. The van der Waals surface area contributed by atoms with E-state index in [1.165, 1.54) is 34.6 Å². The molecule has 10 nitrogen and oxygen atoms in total. The molecule has 3 aromatic rings. The van der Waals surface area contributed by atoms with Crippen LogP contribution in [0.4, 0.5) is 58.4 Å². The lowest BCUT2D eigenvalue weighted by Crippen LogP contribution is -2.55. The maximum atomic E-state index is 14.5. The molecular weight excluding hydrogens is 852 g/mol. The minimum absolute atomic E-state index is 0.00232. The quantitative estimate of drug-likeness (QED) is 0.0978. The second kappa shape index (κ2) is 16.5. The van der Waals surface area contributed by atoms with Crippen molar-refractivity contribution in [1.82, 2.24) is 5.32 Å². The van der Waals surface area contributed by atoms with E-state index in [2.05, 4.69) is 5.32 Å². The van der Waals surface area contributed by atoms with Crippen LogP contribution in [-0.2, 0) is 23.0 Å². The zero-order valence-electron chi connectivity index (χ0n) is 32.9. The van der Waals surface area contributed by atoms with Crippen LogP contribution in [0, 0.1) is 13.8 Å². The summed E-state index contributed by atoms with van der Waals surface area (Å²) in [6, 6.07) is 2.08. The third kappa shape index (κ3) is 9.29. The molecule has 0 radical (unpaired) electrons. The lowest BCUT2D eigenvalue weighted by Gasteiger charge is -2.38. The van der Waals surface area contributed by atoms with E-state index in [4.69, 9.17) is 0 Å². The van der Waals surface area contributed by atoms with Crippen LogP contribution in [0.1, 0.15) is 121 Å². The Kier molecular flexibility index (Phi) is 13.5. The third-order valence-corrected chi connectivity index (χ3v) is 9.95. The average molecular weight is 891 g/mol. The van der Waals surface area contributed by atoms with Crippen LogP contribution in [0.5, 0.6) is 0 Å². The van der Waals surface area contributed by atoms with Crippen LogP contribution in [0.3, 0.4) is 0 Å². The number of hydrogen-bond acceptors (Lipinski definition) is 6. The summed E-state index contributed by atoms with van der Waals surface area (Å²) in [4.78, 5) is 50.6. The van der Waals surface area contributed by atoms with Crippen LogP contribution in [-0.4, -0.2) is 74.9 Å². The molecule has 22 heteroatoms. The summed E-state index contributed by atoms with van der Waals surface area (Å²) in [5, 5.41) is 44.6. The van der Waals surface area contributed by atoms with Gasteiger partial charge in [-0.1, -0.05) is 39.0 Å². The van der Waals surface area contributed by atoms with Crippen LogP contribution in [0.15, 0.2) is 36.4 Å². The van der Waals surface area contributed by atoms with Gasteiger partial charge in [-0.2, -0.15) is 52.7 Å². The van der Waals surface area contributed by atoms with E-state index in [0.29, 0.717) is 12.1 Å². The molecule has 0 aromatic heterocycles. The highest BCUT2D eigenvalue weighted by Crippen LogP contribution is 2.55. The van der Waals surface area contributed by atoms with Crippen molar-refractivity contribution in [1.29, 1.82) is 0 Å². The monoisotopic (exact) mass is 890 g/mol. The number of halogens is 12. The molecular formula is C39H38F12N2O8. The van der Waals surface area contributed by atoms with Crippen molar-refractivity contribution in [3.8, 4) is 0 Å². The van der Waals surface area contributed by atoms with E-state index >= 15 is 0 Å². The van der Waals surface area contributed by atoms with Gasteiger partial charge in [0.2, 0.25) is 0 Å². The number of amides is 2. The summed E-state index contributed by atoms with van der Waals surface area (Å²) in [6.07, 6.45) is -27.3. The van der Waals surface area contributed by atoms with Gasteiger partial charge in [-0.05, 0) is 92.0 Å². The Morgan fingerprint density at radius 2 is 0.967 bits per heavy atom. The number of hydrogen-bond donors (Lipinski definition) is 6. The Balaban J connectivity index is 2.45. The highest BCUT2D eigenvalue weighted by Gasteiger charge is 2.73. The minimum atomic E-state index is -6.68. The fourth-order valence-corrected chi connectivity index (χ4v) is 6.76. The van der Waals surface area contributed by atoms with E-state index in [1.807, 2.05) is 0 Å². The molecule has 0 aliphatic carbocycles. The second-order valence-corrected chi connectivity index (χ2v) is 15.1. The molecule has 0 fully saturated rings. The highest BCUT2D eigenvalue weighted by molar-refractivity contribution is 6.15. The SMILES string of the molecule is CCC(C)(C)c1c(C)cc(Cc2cc(C)c(NC(=O)c3cc(C(=O)O)c(C(=O)NC(C)C)cc3C(=O)O)c(C(O)(C(F)(F)F)C(F)(F)F)c2)cc1C(O)(C(F)(F)F)C(F)(F)F. The number of aryl methyl sites for hydroxylation is 2. The molecule has 0 unspecified atom stereocenters. The molecule has 0 spiro atoms. The van der Waals surface area contributed by atoms with Crippen molar-refractivity contribution in [3.63, 3.8) is 0 Å². The molecule has 0 saturated carbocycles. The molecule has 0 aliphatic heterocycles. The number of nitrogens with one attached hydrogen (secondary N) is 2. The molecule has 2 amide bonds. The van der Waals surface area contributed by atoms with E-state index < -0.39 is 139 Å². The molecule has 3 aromatic carbocycles. The van der Waals surface area contributed by atoms with Crippen molar-refractivity contribution < 1.29 is 92.3 Å². The van der Waals surface area contributed by atoms with Crippen LogP contribution in [0.2, 0.25) is 0 Å². The van der Waals surface area contributed by atoms with E-state index in [9.17, 15) is 92.3 Å². The Bertz CT molecular complexity index is 2210. The number of aromatic carboxylic acids is 2. The van der Waals surface area contributed by atoms with Crippen molar-refractivity contribution in [3.05, 3.63) is 97.6 Å². The van der Waals surface area contributed by atoms with Gasteiger partial charge in [0.25, 0.3) is 23.0 Å². The fourth-order valence-electron chi connectivity index (χ4n) is 6.76. The number of anilines is 1. The number of carboxylic acids is 2. The standard InChI is InChI=1S/C39H38F12N2O8/c1-8-33(6,7)27-17(4)9-19(12-25(27)34(60,36(40,41)42)37(43,44)45)11-20-10-18(5)28(26(13-20)35(61,38(46,47)48)39(49,50)51)53-30(55)22-15-23(31(56)57)21(14-24(22)32(58)59)29(54)52-16(2)3/h9-10,12-16,60-61H,8,11H2,1-7H3,(H,52,54)(H,53,55)(H,56,57)(H,58,59). The normalized spacial score (nSPS) is 13.3.